The van der Waals surface area contributed by atoms with Gasteiger partial charge in [-0.3, -0.25) is 4.79 Å². The van der Waals surface area contributed by atoms with Crippen LogP contribution in [0.1, 0.15) is 22.5 Å². The first-order valence-electron chi connectivity index (χ1n) is 7.14. The molecule has 0 spiro atoms. The topological polar surface area (TPSA) is 55.3 Å². The largest absolute Gasteiger partial charge is 0.480 e. The van der Waals surface area contributed by atoms with Crippen LogP contribution < -0.4 is 4.74 Å². The number of carbonyl (C=O) groups excluding carboxylic acids is 1. The Bertz CT molecular complexity index is 726. The number of hydrogen-bond donors (Lipinski definition) is 0. The van der Waals surface area contributed by atoms with Crippen LogP contribution in [0.4, 0.5) is 4.39 Å². The lowest BCUT2D eigenvalue weighted by Crippen LogP contribution is -2.32. The number of halogens is 2. The summed E-state index contributed by atoms with van der Waals surface area (Å²) < 4.78 is 20.1. The van der Waals surface area contributed by atoms with Gasteiger partial charge in [0.25, 0.3) is 5.91 Å². The molecule has 1 unspecified atom stereocenters. The van der Waals surface area contributed by atoms with Crippen molar-refractivity contribution in [2.75, 3.05) is 20.2 Å². The van der Waals surface area contributed by atoms with Gasteiger partial charge in [0, 0.05) is 24.1 Å². The summed E-state index contributed by atoms with van der Waals surface area (Å²) in [4.78, 5) is 13.9. The smallest absolute Gasteiger partial charge is 0.274 e. The number of rotatable bonds is 3. The zero-order valence-electron chi connectivity index (χ0n) is 12.5. The van der Waals surface area contributed by atoms with Crippen LogP contribution in [0, 0.1) is 0 Å². The van der Waals surface area contributed by atoms with Gasteiger partial charge in [-0.1, -0.05) is 23.7 Å². The van der Waals surface area contributed by atoms with Gasteiger partial charge in [0.15, 0.2) is 11.4 Å². The third-order valence-electron chi connectivity index (χ3n) is 3.92. The quantitative estimate of drug-likeness (QED) is 0.865. The van der Waals surface area contributed by atoms with Gasteiger partial charge in [0.05, 0.1) is 13.7 Å². The Balaban J connectivity index is 1.77. The fourth-order valence-electron chi connectivity index (χ4n) is 2.65. The maximum Gasteiger partial charge on any atom is 0.274 e. The van der Waals surface area contributed by atoms with E-state index < -0.39 is 5.67 Å². The second-order valence-electron chi connectivity index (χ2n) is 5.41. The second kappa shape index (κ2) is 6.12. The molecule has 0 aliphatic carbocycles. The molecule has 1 aromatic carbocycles. The summed E-state index contributed by atoms with van der Waals surface area (Å²) in [7, 11) is 1.47. The first-order valence-corrected chi connectivity index (χ1v) is 7.51. The molecule has 1 amide bonds. The molecule has 0 radical (unpaired) electrons. The molecule has 1 saturated heterocycles. The standard InChI is InChI=1S/C16H15ClFN3O2/c1-23-14-6-5-13(19-20-14)15(22)21-8-7-16(18,10-21)11-3-2-4-12(17)9-11/h2-6,9H,7-8,10H2,1H3. The Morgan fingerprint density at radius 1 is 1.35 bits per heavy atom. The van der Waals surface area contributed by atoms with Crippen LogP contribution in [-0.4, -0.2) is 41.2 Å². The maximum absolute atomic E-state index is 15.2. The molecule has 0 saturated carbocycles. The number of nitrogens with zero attached hydrogens (tertiary/aromatic N) is 3. The Labute approximate surface area is 138 Å². The molecule has 1 fully saturated rings. The Hall–Kier alpha value is -2.21. The van der Waals surface area contributed by atoms with E-state index in [0.717, 1.165) is 0 Å². The number of aromatic nitrogens is 2. The highest BCUT2D eigenvalue weighted by Crippen LogP contribution is 2.37. The number of alkyl halides is 1. The number of likely N-dealkylation sites (tertiary alicyclic amines) is 1. The summed E-state index contributed by atoms with van der Waals surface area (Å²) in [5, 5.41) is 8.06. The highest BCUT2D eigenvalue weighted by molar-refractivity contribution is 6.30. The van der Waals surface area contributed by atoms with Crippen molar-refractivity contribution in [3.63, 3.8) is 0 Å². The first kappa shape index (κ1) is 15.7. The van der Waals surface area contributed by atoms with E-state index in [1.807, 2.05) is 0 Å². The molecule has 1 aromatic heterocycles. The van der Waals surface area contributed by atoms with Crippen LogP contribution in [0.5, 0.6) is 5.88 Å². The van der Waals surface area contributed by atoms with E-state index >= 15 is 4.39 Å². The lowest BCUT2D eigenvalue weighted by Gasteiger charge is -2.21. The van der Waals surface area contributed by atoms with Crippen molar-refractivity contribution < 1.29 is 13.9 Å². The number of amides is 1. The van der Waals surface area contributed by atoms with Crippen LogP contribution in [0.3, 0.4) is 0 Å². The van der Waals surface area contributed by atoms with E-state index in [1.54, 1.807) is 30.3 Å². The summed E-state index contributed by atoms with van der Waals surface area (Å²) >= 11 is 5.93. The third-order valence-corrected chi connectivity index (χ3v) is 4.15. The molecular formula is C16H15ClFN3O2. The van der Waals surface area contributed by atoms with Crippen molar-refractivity contribution in [3.05, 3.63) is 52.7 Å². The predicted octanol–water partition coefficient (Wildman–Crippen LogP) is 2.85. The van der Waals surface area contributed by atoms with Crippen molar-refractivity contribution in [1.82, 2.24) is 15.1 Å². The molecule has 2 aromatic rings. The Morgan fingerprint density at radius 2 is 2.17 bits per heavy atom. The summed E-state index contributed by atoms with van der Waals surface area (Å²) in [5.41, 5.74) is -0.942. The molecule has 0 N–H and O–H groups in total. The Kier molecular flexibility index (Phi) is 4.17. The lowest BCUT2D eigenvalue weighted by molar-refractivity contribution is 0.0743. The van der Waals surface area contributed by atoms with Gasteiger partial charge in [0.1, 0.15) is 0 Å². The van der Waals surface area contributed by atoms with Crippen LogP contribution in [0.25, 0.3) is 0 Å². The van der Waals surface area contributed by atoms with E-state index in [-0.39, 0.29) is 24.6 Å². The molecule has 2 heterocycles. The van der Waals surface area contributed by atoms with E-state index in [1.165, 1.54) is 18.1 Å². The highest BCUT2D eigenvalue weighted by atomic mass is 35.5. The zero-order chi connectivity index (χ0) is 16.4. The fraction of sp³-hybridized carbons (Fsp3) is 0.312. The van der Waals surface area contributed by atoms with Crippen LogP contribution in [0.15, 0.2) is 36.4 Å². The molecular weight excluding hydrogens is 321 g/mol. The molecule has 3 rings (SSSR count). The average Bonchev–Trinajstić information content (AvgIpc) is 2.98. The van der Waals surface area contributed by atoms with Crippen LogP contribution in [0.2, 0.25) is 5.02 Å². The monoisotopic (exact) mass is 335 g/mol. The molecule has 23 heavy (non-hydrogen) atoms. The van der Waals surface area contributed by atoms with E-state index in [4.69, 9.17) is 16.3 Å². The summed E-state index contributed by atoms with van der Waals surface area (Å²) in [6.07, 6.45) is 0.225. The van der Waals surface area contributed by atoms with E-state index in [9.17, 15) is 4.79 Å². The van der Waals surface area contributed by atoms with Crippen molar-refractivity contribution in [2.45, 2.75) is 12.1 Å². The predicted molar refractivity (Wildman–Crippen MR) is 83.3 cm³/mol. The van der Waals surface area contributed by atoms with Gasteiger partial charge in [-0.2, -0.15) is 0 Å². The van der Waals surface area contributed by atoms with Crippen molar-refractivity contribution in [1.29, 1.82) is 0 Å². The molecule has 5 nitrogen and oxygen atoms in total. The number of hydrogen-bond acceptors (Lipinski definition) is 4. The summed E-state index contributed by atoms with van der Waals surface area (Å²) in [5.74, 6) is -0.0246. The normalized spacial score (nSPS) is 20.6. The number of carbonyl (C=O) groups is 1. The molecule has 1 aliphatic rings. The number of ether oxygens (including phenoxy) is 1. The van der Waals surface area contributed by atoms with Crippen LogP contribution >= 0.6 is 11.6 Å². The minimum absolute atomic E-state index is 0.0279. The number of benzene rings is 1. The second-order valence-corrected chi connectivity index (χ2v) is 5.85. The SMILES string of the molecule is COc1ccc(C(=O)N2CCC(F)(c3cccc(Cl)c3)C2)nn1. The van der Waals surface area contributed by atoms with E-state index in [2.05, 4.69) is 10.2 Å². The molecule has 7 heteroatoms. The lowest BCUT2D eigenvalue weighted by atomic mass is 9.95. The minimum Gasteiger partial charge on any atom is -0.480 e. The van der Waals surface area contributed by atoms with Gasteiger partial charge in [-0.05, 0) is 23.8 Å². The van der Waals surface area contributed by atoms with Crippen molar-refractivity contribution >= 4 is 17.5 Å². The molecule has 1 aliphatic heterocycles. The van der Waals surface area contributed by atoms with Gasteiger partial charge in [-0.25, -0.2) is 4.39 Å². The van der Waals surface area contributed by atoms with Gasteiger partial charge >= 0.3 is 0 Å². The van der Waals surface area contributed by atoms with Crippen LogP contribution in [-0.2, 0) is 5.67 Å². The molecule has 120 valence electrons. The van der Waals surface area contributed by atoms with Gasteiger partial charge < -0.3 is 9.64 Å². The highest BCUT2D eigenvalue weighted by Gasteiger charge is 2.42. The summed E-state index contributed by atoms with van der Waals surface area (Å²) in [6, 6.07) is 9.76. The summed E-state index contributed by atoms with van der Waals surface area (Å²) in [6.45, 7) is 0.287. The number of methoxy groups -OCH3 is 1. The Morgan fingerprint density at radius 3 is 2.83 bits per heavy atom. The van der Waals surface area contributed by atoms with Gasteiger partial charge in [0.2, 0.25) is 5.88 Å². The maximum atomic E-state index is 15.2. The fourth-order valence-corrected chi connectivity index (χ4v) is 2.84. The van der Waals surface area contributed by atoms with Gasteiger partial charge in [-0.15, -0.1) is 10.2 Å². The third kappa shape index (κ3) is 3.12. The molecule has 0 bridgehead atoms. The average molecular weight is 336 g/mol. The van der Waals surface area contributed by atoms with Crippen molar-refractivity contribution in [2.24, 2.45) is 0 Å². The molecule has 1 atom stereocenters. The zero-order valence-corrected chi connectivity index (χ0v) is 13.3. The first-order chi connectivity index (χ1) is 11.0. The minimum atomic E-state index is -1.60. The van der Waals surface area contributed by atoms with E-state index in [0.29, 0.717) is 23.0 Å². The van der Waals surface area contributed by atoms with Crippen molar-refractivity contribution in [3.8, 4) is 5.88 Å².